The van der Waals surface area contributed by atoms with Gasteiger partial charge in [-0.2, -0.15) is 4.98 Å². The van der Waals surface area contributed by atoms with Gasteiger partial charge in [0.15, 0.2) is 5.82 Å². The summed E-state index contributed by atoms with van der Waals surface area (Å²) in [6.07, 6.45) is 14.8. The predicted molar refractivity (Wildman–Crippen MR) is 179 cm³/mol. The summed E-state index contributed by atoms with van der Waals surface area (Å²) in [5, 5.41) is 4.63. The Bertz CT molecular complexity index is 1800. The summed E-state index contributed by atoms with van der Waals surface area (Å²) < 4.78 is 16.7. The lowest BCUT2D eigenvalue weighted by atomic mass is 9.91. The van der Waals surface area contributed by atoms with E-state index in [0.29, 0.717) is 34.4 Å². The van der Waals surface area contributed by atoms with E-state index in [0.717, 1.165) is 56.2 Å². The average Bonchev–Trinajstić information content (AvgIpc) is 3.45. The first-order chi connectivity index (χ1) is 21.8. The Balaban J connectivity index is 1.16. The summed E-state index contributed by atoms with van der Waals surface area (Å²) in [6.45, 7) is 1.97. The van der Waals surface area contributed by atoms with Crippen molar-refractivity contribution < 1.29 is 4.39 Å². The van der Waals surface area contributed by atoms with Crippen LogP contribution in [0.3, 0.4) is 0 Å². The number of pyridine rings is 1. The first-order valence-corrected chi connectivity index (χ1v) is 16.3. The molecule has 1 aliphatic heterocycles. The van der Waals surface area contributed by atoms with Crippen molar-refractivity contribution in [3.8, 4) is 16.9 Å². The molecule has 0 amide bonds. The van der Waals surface area contributed by atoms with E-state index in [9.17, 15) is 4.79 Å². The number of aromatic nitrogens is 4. The maximum atomic E-state index is 15.2. The quantitative estimate of drug-likeness (QED) is 0.141. The number of nitrogens with one attached hydrogen (secondary N) is 2. The van der Waals surface area contributed by atoms with Gasteiger partial charge < -0.3 is 16.0 Å². The maximum absolute atomic E-state index is 15.2. The fourth-order valence-electron chi connectivity index (χ4n) is 6.42. The van der Waals surface area contributed by atoms with Crippen LogP contribution in [0, 0.1) is 5.82 Å². The van der Waals surface area contributed by atoms with Gasteiger partial charge in [0, 0.05) is 47.7 Å². The molecule has 45 heavy (non-hydrogen) atoms. The molecule has 2 aromatic carbocycles. The zero-order chi connectivity index (χ0) is 31.3. The standard InChI is InChI=1S/C36H40ClFN6O/c1-23(39)5-2-7-25-19-30(34(38)31(37)20-25)33-21-27-22-44(36(45)43-35(27)42-33)29-13-11-26(12-14-29)32-10-4-9-28(41-32)8-3-6-24-15-17-40-18-16-24/h11-23,28,32,41H,2-10,39H2,1H3,(H,42,43,45)/t23-,28+,32-/m0/s1. The van der Waals surface area contributed by atoms with Gasteiger partial charge in [-0.1, -0.05) is 30.2 Å². The molecule has 1 saturated heterocycles. The molecule has 1 aliphatic rings. The van der Waals surface area contributed by atoms with Gasteiger partial charge in [-0.05, 0) is 117 Å². The van der Waals surface area contributed by atoms with Gasteiger partial charge in [-0.3, -0.25) is 9.55 Å². The molecule has 0 saturated carbocycles. The highest BCUT2D eigenvalue weighted by molar-refractivity contribution is 6.31. The Hall–Kier alpha value is -3.85. The molecule has 3 aromatic heterocycles. The smallest absolute Gasteiger partial charge is 0.339 e. The van der Waals surface area contributed by atoms with Gasteiger partial charge in [0.2, 0.25) is 0 Å². The van der Waals surface area contributed by atoms with Gasteiger partial charge in [0.05, 0.1) is 16.4 Å². The number of fused-ring (bicyclic) bond motifs is 1. The van der Waals surface area contributed by atoms with Crippen LogP contribution in [0.4, 0.5) is 4.39 Å². The Morgan fingerprint density at radius 1 is 1.04 bits per heavy atom. The van der Waals surface area contributed by atoms with Crippen LogP contribution in [0.5, 0.6) is 0 Å². The van der Waals surface area contributed by atoms with Crippen molar-refractivity contribution in [3.63, 3.8) is 0 Å². The molecule has 0 aliphatic carbocycles. The minimum Gasteiger partial charge on any atom is -0.339 e. The number of piperidine rings is 1. The van der Waals surface area contributed by atoms with Gasteiger partial charge in [-0.15, -0.1) is 0 Å². The number of aromatic amines is 1. The molecule has 0 unspecified atom stereocenters. The molecule has 0 radical (unpaired) electrons. The molecule has 0 bridgehead atoms. The summed E-state index contributed by atoms with van der Waals surface area (Å²) in [4.78, 5) is 24.6. The van der Waals surface area contributed by atoms with Crippen LogP contribution in [0.25, 0.3) is 28.0 Å². The largest absolute Gasteiger partial charge is 0.354 e. The molecule has 1 fully saturated rings. The van der Waals surface area contributed by atoms with E-state index in [2.05, 4.69) is 44.5 Å². The molecule has 0 spiro atoms. The second kappa shape index (κ2) is 14.1. The van der Waals surface area contributed by atoms with E-state index in [1.165, 1.54) is 28.5 Å². The normalized spacial score (nSPS) is 17.5. The zero-order valence-electron chi connectivity index (χ0n) is 25.6. The van der Waals surface area contributed by atoms with E-state index in [1.54, 1.807) is 12.3 Å². The number of aryl methyl sites for hydroxylation is 2. The van der Waals surface area contributed by atoms with Crippen LogP contribution in [-0.4, -0.2) is 31.6 Å². The fourth-order valence-corrected chi connectivity index (χ4v) is 6.66. The number of hydrogen-bond donors (Lipinski definition) is 3. The molecule has 3 atom stereocenters. The van der Waals surface area contributed by atoms with Crippen LogP contribution < -0.4 is 16.7 Å². The summed E-state index contributed by atoms with van der Waals surface area (Å²) in [6, 6.07) is 18.5. The Kier molecular flexibility index (Phi) is 9.73. The highest BCUT2D eigenvalue weighted by atomic mass is 35.5. The second-order valence-corrected chi connectivity index (χ2v) is 12.8. The van der Waals surface area contributed by atoms with Gasteiger partial charge in [0.1, 0.15) is 5.65 Å². The van der Waals surface area contributed by atoms with Crippen molar-refractivity contribution in [2.45, 2.75) is 82.8 Å². The van der Waals surface area contributed by atoms with Crippen LogP contribution >= 0.6 is 11.6 Å². The number of H-pyrrole nitrogens is 1. The summed E-state index contributed by atoms with van der Waals surface area (Å²) in [7, 11) is 0. The van der Waals surface area contributed by atoms with Gasteiger partial charge in [0.25, 0.3) is 0 Å². The van der Waals surface area contributed by atoms with E-state index >= 15 is 4.39 Å². The topological polar surface area (TPSA) is 102 Å². The predicted octanol–water partition coefficient (Wildman–Crippen LogP) is 7.44. The molecule has 7 nitrogen and oxygen atoms in total. The highest BCUT2D eigenvalue weighted by Crippen LogP contribution is 2.32. The molecule has 4 N–H and O–H groups in total. The molecule has 4 heterocycles. The number of nitrogens with zero attached hydrogens (tertiary/aromatic N) is 3. The average molecular weight is 627 g/mol. The number of hydrogen-bond acceptors (Lipinski definition) is 5. The van der Waals surface area contributed by atoms with Crippen LogP contribution in [-0.2, 0) is 12.8 Å². The number of benzene rings is 2. The zero-order valence-corrected chi connectivity index (χ0v) is 26.4. The number of rotatable bonds is 11. The third kappa shape index (κ3) is 7.52. The van der Waals surface area contributed by atoms with Crippen LogP contribution in [0.1, 0.15) is 74.6 Å². The van der Waals surface area contributed by atoms with Crippen LogP contribution in [0.15, 0.2) is 78.0 Å². The first kappa shape index (κ1) is 31.1. The summed E-state index contributed by atoms with van der Waals surface area (Å²) >= 11 is 6.27. The van der Waals surface area contributed by atoms with E-state index < -0.39 is 11.5 Å². The summed E-state index contributed by atoms with van der Waals surface area (Å²) in [5.41, 5.74) is 11.0. The monoisotopic (exact) mass is 626 g/mol. The SMILES string of the molecule is C[C@H](N)CCCc1cc(Cl)c(F)c(-c2cc3cn(-c4ccc([C@@H]5CCC[C@@H](CCCc6ccncc6)N5)cc4)c(=O)nc3[nH]2)c1. The van der Waals surface area contributed by atoms with Crippen molar-refractivity contribution in [1.29, 1.82) is 0 Å². The molecule has 5 aromatic rings. The van der Waals surface area contributed by atoms with Crippen molar-refractivity contribution >= 4 is 22.6 Å². The van der Waals surface area contributed by atoms with E-state index in [-0.39, 0.29) is 11.1 Å². The Morgan fingerprint density at radius 3 is 2.60 bits per heavy atom. The van der Waals surface area contributed by atoms with Crippen molar-refractivity contribution in [2.24, 2.45) is 5.73 Å². The molecule has 6 rings (SSSR count). The number of nitrogens with two attached hydrogens (primary N) is 1. The lowest BCUT2D eigenvalue weighted by Crippen LogP contribution is -2.36. The van der Waals surface area contributed by atoms with Crippen molar-refractivity contribution in [3.05, 3.63) is 111 Å². The molecular formula is C36H40ClFN6O. The summed E-state index contributed by atoms with van der Waals surface area (Å²) in [5.74, 6) is -0.503. The Labute approximate surface area is 268 Å². The van der Waals surface area contributed by atoms with E-state index in [1.807, 2.05) is 43.6 Å². The van der Waals surface area contributed by atoms with Gasteiger partial charge in [-0.25, -0.2) is 9.18 Å². The highest BCUT2D eigenvalue weighted by Gasteiger charge is 2.22. The van der Waals surface area contributed by atoms with Crippen LogP contribution in [0.2, 0.25) is 5.02 Å². The molecule has 234 valence electrons. The first-order valence-electron chi connectivity index (χ1n) is 16.0. The number of halogens is 2. The third-order valence-corrected chi connectivity index (χ3v) is 9.11. The lowest BCUT2D eigenvalue weighted by molar-refractivity contribution is 0.308. The van der Waals surface area contributed by atoms with Gasteiger partial charge >= 0.3 is 5.69 Å². The van der Waals surface area contributed by atoms with E-state index in [4.69, 9.17) is 17.3 Å². The minimum absolute atomic E-state index is 0.0679. The second-order valence-electron chi connectivity index (χ2n) is 12.4. The molecule has 9 heteroatoms. The van der Waals surface area contributed by atoms with Crippen molar-refractivity contribution in [2.75, 3.05) is 0 Å². The fraction of sp³-hybridized carbons (Fsp3) is 0.361. The van der Waals surface area contributed by atoms with Crippen molar-refractivity contribution in [1.82, 2.24) is 24.8 Å². The Morgan fingerprint density at radius 2 is 1.82 bits per heavy atom. The third-order valence-electron chi connectivity index (χ3n) is 8.83. The minimum atomic E-state index is -0.503. The molecular weight excluding hydrogens is 587 g/mol. The lowest BCUT2D eigenvalue weighted by Gasteiger charge is -2.31. The maximum Gasteiger partial charge on any atom is 0.354 e.